The number of piperazine rings is 1. The summed E-state index contributed by atoms with van der Waals surface area (Å²) >= 11 is 0. The van der Waals surface area contributed by atoms with E-state index < -0.39 is 0 Å². The third kappa shape index (κ3) is 3.46. The molecule has 2 heterocycles. The number of likely N-dealkylation sites (tertiary alicyclic amines) is 1. The van der Waals surface area contributed by atoms with Crippen LogP contribution in [-0.2, 0) is 0 Å². The Labute approximate surface area is 113 Å². The van der Waals surface area contributed by atoms with Gasteiger partial charge in [0.15, 0.2) is 0 Å². The normalized spacial score (nSPS) is 32.5. The molecular weight excluding hydrogens is 222 g/mol. The number of rotatable bonds is 4. The largest absolute Gasteiger partial charge is 0.303 e. The zero-order valence-electron chi connectivity index (χ0n) is 12.7. The molecule has 2 fully saturated rings. The van der Waals surface area contributed by atoms with Crippen LogP contribution in [0.4, 0.5) is 0 Å². The summed E-state index contributed by atoms with van der Waals surface area (Å²) in [7, 11) is 0. The van der Waals surface area contributed by atoms with Crippen LogP contribution in [0.1, 0.15) is 34.1 Å². The highest BCUT2D eigenvalue weighted by Crippen LogP contribution is 2.20. The monoisotopic (exact) mass is 253 g/mol. The van der Waals surface area contributed by atoms with Gasteiger partial charge in [-0.3, -0.25) is 9.80 Å². The number of hydrogen-bond donors (Lipinski definition) is 0. The first-order valence-corrected chi connectivity index (χ1v) is 7.80. The molecule has 2 saturated heterocycles. The van der Waals surface area contributed by atoms with Crippen LogP contribution >= 0.6 is 0 Å². The van der Waals surface area contributed by atoms with Gasteiger partial charge in [-0.2, -0.15) is 0 Å². The first-order valence-electron chi connectivity index (χ1n) is 7.80. The molecule has 3 nitrogen and oxygen atoms in total. The third-order valence-electron chi connectivity index (χ3n) is 4.84. The Morgan fingerprint density at radius 2 is 1.89 bits per heavy atom. The van der Waals surface area contributed by atoms with Gasteiger partial charge in [-0.25, -0.2) is 0 Å². The van der Waals surface area contributed by atoms with E-state index >= 15 is 0 Å². The highest BCUT2D eigenvalue weighted by molar-refractivity contribution is 4.84. The Morgan fingerprint density at radius 1 is 1.11 bits per heavy atom. The average molecular weight is 253 g/mol. The topological polar surface area (TPSA) is 9.72 Å². The Kier molecular flexibility index (Phi) is 5.05. The van der Waals surface area contributed by atoms with Crippen molar-refractivity contribution in [2.75, 3.05) is 45.8 Å². The van der Waals surface area contributed by atoms with Gasteiger partial charge in [0.1, 0.15) is 0 Å². The number of nitrogens with zero attached hydrogens (tertiary/aromatic N) is 3. The van der Waals surface area contributed by atoms with Crippen molar-refractivity contribution >= 4 is 0 Å². The van der Waals surface area contributed by atoms with E-state index in [1.54, 1.807) is 0 Å². The van der Waals surface area contributed by atoms with Gasteiger partial charge in [0.05, 0.1) is 0 Å². The summed E-state index contributed by atoms with van der Waals surface area (Å²) in [5.41, 5.74) is 0. The van der Waals surface area contributed by atoms with Crippen molar-refractivity contribution in [3.63, 3.8) is 0 Å². The van der Waals surface area contributed by atoms with Crippen molar-refractivity contribution in [3.8, 4) is 0 Å². The van der Waals surface area contributed by atoms with Crippen LogP contribution < -0.4 is 0 Å². The first-order chi connectivity index (χ1) is 8.60. The lowest BCUT2D eigenvalue weighted by Gasteiger charge is -2.42. The van der Waals surface area contributed by atoms with Crippen LogP contribution in [0.15, 0.2) is 0 Å². The summed E-state index contributed by atoms with van der Waals surface area (Å²) in [5, 5.41) is 0. The lowest BCUT2D eigenvalue weighted by atomic mass is 10.1. The fraction of sp³-hybridized carbons (Fsp3) is 1.00. The number of hydrogen-bond acceptors (Lipinski definition) is 3. The molecule has 0 N–H and O–H groups in total. The second-order valence-corrected chi connectivity index (χ2v) is 6.48. The summed E-state index contributed by atoms with van der Waals surface area (Å²) in [6.45, 7) is 18.3. The van der Waals surface area contributed by atoms with Gasteiger partial charge in [-0.15, -0.1) is 0 Å². The predicted octanol–water partition coefficient (Wildman–Crippen LogP) is 1.74. The summed E-state index contributed by atoms with van der Waals surface area (Å²) in [4.78, 5) is 7.94. The van der Waals surface area contributed by atoms with E-state index in [0.29, 0.717) is 6.04 Å². The maximum Gasteiger partial charge on any atom is 0.0195 e. The summed E-state index contributed by atoms with van der Waals surface area (Å²) in [6.07, 6.45) is 1.41. The van der Waals surface area contributed by atoms with E-state index in [1.807, 2.05) is 0 Å². The molecule has 0 spiro atoms. The molecule has 1 unspecified atom stereocenters. The molecule has 0 aromatic carbocycles. The quantitative estimate of drug-likeness (QED) is 0.756. The molecule has 2 aliphatic rings. The van der Waals surface area contributed by atoms with Gasteiger partial charge in [0.2, 0.25) is 0 Å². The van der Waals surface area contributed by atoms with E-state index in [9.17, 15) is 0 Å². The maximum absolute atomic E-state index is 2.72. The molecule has 0 aliphatic carbocycles. The Morgan fingerprint density at radius 3 is 2.44 bits per heavy atom. The summed E-state index contributed by atoms with van der Waals surface area (Å²) in [5.74, 6) is 0.915. The molecule has 0 aromatic heterocycles. The zero-order valence-corrected chi connectivity index (χ0v) is 12.7. The second kappa shape index (κ2) is 6.36. The molecule has 18 heavy (non-hydrogen) atoms. The minimum Gasteiger partial charge on any atom is -0.303 e. The molecule has 2 atom stereocenters. The maximum atomic E-state index is 2.72. The van der Waals surface area contributed by atoms with E-state index in [-0.39, 0.29) is 0 Å². The van der Waals surface area contributed by atoms with Crippen LogP contribution in [0.3, 0.4) is 0 Å². The molecule has 3 heteroatoms. The van der Waals surface area contributed by atoms with Crippen LogP contribution in [0.5, 0.6) is 0 Å². The summed E-state index contributed by atoms with van der Waals surface area (Å²) in [6, 6.07) is 1.44. The van der Waals surface area contributed by atoms with Gasteiger partial charge in [0, 0.05) is 44.8 Å². The second-order valence-electron chi connectivity index (χ2n) is 6.48. The van der Waals surface area contributed by atoms with E-state index in [0.717, 1.165) is 12.0 Å². The highest BCUT2D eigenvalue weighted by Gasteiger charge is 2.29. The van der Waals surface area contributed by atoms with Crippen LogP contribution in [0.25, 0.3) is 0 Å². The van der Waals surface area contributed by atoms with Crippen molar-refractivity contribution < 1.29 is 0 Å². The van der Waals surface area contributed by atoms with Gasteiger partial charge in [-0.1, -0.05) is 6.92 Å². The molecule has 0 radical (unpaired) electrons. The molecular formula is C15H31N3. The van der Waals surface area contributed by atoms with Gasteiger partial charge < -0.3 is 4.90 Å². The van der Waals surface area contributed by atoms with Crippen LogP contribution in [-0.4, -0.2) is 72.6 Å². The molecule has 0 saturated carbocycles. The minimum absolute atomic E-state index is 0.705. The lowest BCUT2D eigenvalue weighted by Crippen LogP contribution is -2.54. The van der Waals surface area contributed by atoms with Crippen molar-refractivity contribution in [1.82, 2.24) is 14.7 Å². The van der Waals surface area contributed by atoms with E-state index in [4.69, 9.17) is 0 Å². The van der Waals surface area contributed by atoms with Crippen molar-refractivity contribution in [1.29, 1.82) is 0 Å². The molecule has 0 amide bonds. The molecule has 106 valence electrons. The van der Waals surface area contributed by atoms with Gasteiger partial charge >= 0.3 is 0 Å². The van der Waals surface area contributed by atoms with Crippen molar-refractivity contribution in [3.05, 3.63) is 0 Å². The zero-order chi connectivity index (χ0) is 13.1. The fourth-order valence-electron chi connectivity index (χ4n) is 3.44. The Bertz CT molecular complexity index is 254. The van der Waals surface area contributed by atoms with Gasteiger partial charge in [0.25, 0.3) is 0 Å². The Hall–Kier alpha value is -0.120. The molecule has 0 aromatic rings. The molecule has 2 aliphatic heterocycles. The third-order valence-corrected chi connectivity index (χ3v) is 4.84. The molecule has 0 bridgehead atoms. The van der Waals surface area contributed by atoms with Gasteiger partial charge in [-0.05, 0) is 46.2 Å². The average Bonchev–Trinajstić information content (AvgIpc) is 2.79. The van der Waals surface area contributed by atoms with Crippen molar-refractivity contribution in [2.45, 2.75) is 46.2 Å². The first kappa shape index (κ1) is 14.3. The standard InChI is InChI=1S/C15H31N3/c1-5-16-7-6-15(11-16)12-18-9-8-17(13(2)3)10-14(18)4/h13-15H,5-12H2,1-4H3/t14?,15-/m0/s1. The van der Waals surface area contributed by atoms with Crippen molar-refractivity contribution in [2.24, 2.45) is 5.92 Å². The van der Waals surface area contributed by atoms with E-state index in [2.05, 4.69) is 42.4 Å². The van der Waals surface area contributed by atoms with Crippen LogP contribution in [0.2, 0.25) is 0 Å². The molecule has 2 rings (SSSR count). The van der Waals surface area contributed by atoms with E-state index in [1.165, 1.54) is 52.2 Å². The fourth-order valence-corrected chi connectivity index (χ4v) is 3.44. The highest BCUT2D eigenvalue weighted by atomic mass is 15.3. The Balaban J connectivity index is 1.77. The minimum atomic E-state index is 0.705. The lowest BCUT2D eigenvalue weighted by molar-refractivity contribution is 0.0547. The predicted molar refractivity (Wildman–Crippen MR) is 78.0 cm³/mol. The van der Waals surface area contributed by atoms with Crippen LogP contribution in [0, 0.1) is 5.92 Å². The SMILES string of the molecule is CCN1CC[C@H](CN2CCN(C(C)C)CC2C)C1. The smallest absolute Gasteiger partial charge is 0.0195 e. The summed E-state index contributed by atoms with van der Waals surface area (Å²) < 4.78 is 0.